The maximum Gasteiger partial charge on any atom is 0.253 e. The molecule has 31 heavy (non-hydrogen) atoms. The molecule has 0 spiro atoms. The van der Waals surface area contributed by atoms with Crippen molar-refractivity contribution < 1.29 is 18.8 Å². The number of carbonyl (C=O) groups is 2. The molecule has 1 N–H and O–H groups in total. The molecular weight excluding hydrogens is 396 g/mol. The molecule has 4 rings (SSSR count). The van der Waals surface area contributed by atoms with Gasteiger partial charge in [0.15, 0.2) is 5.82 Å². The van der Waals surface area contributed by atoms with Gasteiger partial charge in [-0.1, -0.05) is 23.4 Å². The van der Waals surface area contributed by atoms with Crippen molar-refractivity contribution in [2.75, 3.05) is 13.1 Å². The summed E-state index contributed by atoms with van der Waals surface area (Å²) in [7, 11) is 0. The third-order valence-corrected chi connectivity index (χ3v) is 5.22. The average molecular weight is 420 g/mol. The van der Waals surface area contributed by atoms with E-state index < -0.39 is 0 Å². The Kier molecular flexibility index (Phi) is 6.26. The van der Waals surface area contributed by atoms with Gasteiger partial charge in [-0.25, -0.2) is 0 Å². The number of para-hydroxylation sites is 1. The first-order valence-corrected chi connectivity index (χ1v) is 10.3. The lowest BCUT2D eigenvalue weighted by molar-refractivity contribution is -0.126. The van der Waals surface area contributed by atoms with Crippen LogP contribution in [0.2, 0.25) is 0 Å². The second-order valence-corrected chi connectivity index (χ2v) is 7.46. The molecule has 0 saturated carbocycles. The van der Waals surface area contributed by atoms with Crippen LogP contribution in [0.15, 0.2) is 59.1 Å². The summed E-state index contributed by atoms with van der Waals surface area (Å²) in [6.07, 6.45) is 1.24. The molecule has 3 aromatic rings. The molecule has 2 heterocycles. The van der Waals surface area contributed by atoms with Gasteiger partial charge >= 0.3 is 0 Å². The number of ether oxygens (including phenoxy) is 1. The lowest BCUT2D eigenvalue weighted by atomic mass is 9.95. The highest BCUT2D eigenvalue weighted by molar-refractivity contribution is 5.94. The molecule has 0 unspecified atom stereocenters. The first kappa shape index (κ1) is 20.6. The molecule has 0 atom stereocenters. The number of hydrogen-bond acceptors (Lipinski definition) is 6. The molecule has 1 aliphatic heterocycles. The third-order valence-electron chi connectivity index (χ3n) is 5.22. The maximum atomic E-state index is 12.8. The van der Waals surface area contributed by atoms with E-state index in [-0.39, 0.29) is 24.3 Å². The molecule has 2 amide bonds. The SMILES string of the molecule is Cc1noc(CNC(=O)C2CCN(C(=O)c3ccc(Oc4ccccc4)cc3)CC2)n1. The van der Waals surface area contributed by atoms with Crippen LogP contribution in [0.3, 0.4) is 0 Å². The minimum atomic E-state index is -0.130. The first-order chi connectivity index (χ1) is 15.1. The fourth-order valence-corrected chi connectivity index (χ4v) is 3.54. The molecular formula is C23H24N4O4. The lowest BCUT2D eigenvalue weighted by Crippen LogP contribution is -2.42. The fourth-order valence-electron chi connectivity index (χ4n) is 3.54. The second kappa shape index (κ2) is 9.42. The normalized spacial score (nSPS) is 14.3. The van der Waals surface area contributed by atoms with Gasteiger partial charge in [-0.15, -0.1) is 0 Å². The van der Waals surface area contributed by atoms with E-state index in [1.807, 2.05) is 30.3 Å². The van der Waals surface area contributed by atoms with Gasteiger partial charge in [0.05, 0.1) is 6.54 Å². The van der Waals surface area contributed by atoms with Crippen molar-refractivity contribution in [1.29, 1.82) is 0 Å². The Morgan fingerprint density at radius 1 is 1.06 bits per heavy atom. The van der Waals surface area contributed by atoms with Crippen molar-refractivity contribution in [3.8, 4) is 11.5 Å². The van der Waals surface area contributed by atoms with Crippen LogP contribution in [0.5, 0.6) is 11.5 Å². The molecule has 0 bridgehead atoms. The predicted molar refractivity (Wildman–Crippen MR) is 112 cm³/mol. The number of carbonyl (C=O) groups excluding carboxylic acids is 2. The standard InChI is InChI=1S/C23H24N4O4/c1-16-25-21(31-26-16)15-24-22(28)17-11-13-27(14-12-17)23(29)18-7-9-20(10-8-18)30-19-5-3-2-4-6-19/h2-10,17H,11-15H2,1H3,(H,24,28). The van der Waals surface area contributed by atoms with Crippen LogP contribution in [0, 0.1) is 12.8 Å². The van der Waals surface area contributed by atoms with Crippen LogP contribution < -0.4 is 10.1 Å². The number of piperidine rings is 1. The van der Waals surface area contributed by atoms with Gasteiger partial charge in [-0.3, -0.25) is 9.59 Å². The molecule has 1 saturated heterocycles. The van der Waals surface area contributed by atoms with Crippen molar-refractivity contribution >= 4 is 11.8 Å². The fraction of sp³-hybridized carbons (Fsp3) is 0.304. The number of aromatic nitrogens is 2. The number of rotatable bonds is 6. The van der Waals surface area contributed by atoms with Crippen molar-refractivity contribution in [2.24, 2.45) is 5.92 Å². The van der Waals surface area contributed by atoms with Crippen LogP contribution in [-0.4, -0.2) is 39.9 Å². The largest absolute Gasteiger partial charge is 0.457 e. The van der Waals surface area contributed by atoms with Crippen LogP contribution in [0.25, 0.3) is 0 Å². The smallest absolute Gasteiger partial charge is 0.253 e. The number of amides is 2. The van der Waals surface area contributed by atoms with Gasteiger partial charge in [0.1, 0.15) is 11.5 Å². The zero-order valence-electron chi connectivity index (χ0n) is 17.3. The molecule has 1 fully saturated rings. The molecule has 1 aliphatic rings. The molecule has 0 aliphatic carbocycles. The minimum absolute atomic E-state index is 0.0357. The Hall–Kier alpha value is -3.68. The second-order valence-electron chi connectivity index (χ2n) is 7.46. The zero-order valence-corrected chi connectivity index (χ0v) is 17.3. The predicted octanol–water partition coefficient (Wildman–Crippen LogP) is 3.34. The highest BCUT2D eigenvalue weighted by Crippen LogP contribution is 2.23. The van der Waals surface area contributed by atoms with Crippen molar-refractivity contribution in [3.05, 3.63) is 71.9 Å². The van der Waals surface area contributed by atoms with Crippen LogP contribution in [0.1, 0.15) is 34.9 Å². The quantitative estimate of drug-likeness (QED) is 0.657. The van der Waals surface area contributed by atoms with E-state index >= 15 is 0 Å². The summed E-state index contributed by atoms with van der Waals surface area (Å²) in [6.45, 7) is 3.03. The number of benzene rings is 2. The molecule has 8 heteroatoms. The van der Waals surface area contributed by atoms with Crippen LogP contribution in [0.4, 0.5) is 0 Å². The van der Waals surface area contributed by atoms with Crippen LogP contribution in [-0.2, 0) is 11.3 Å². The molecule has 8 nitrogen and oxygen atoms in total. The van der Waals surface area contributed by atoms with E-state index in [1.54, 1.807) is 36.1 Å². The lowest BCUT2D eigenvalue weighted by Gasteiger charge is -2.31. The van der Waals surface area contributed by atoms with Gasteiger partial charge in [0.2, 0.25) is 11.8 Å². The summed E-state index contributed by atoms with van der Waals surface area (Å²) < 4.78 is 10.8. The number of nitrogens with zero attached hydrogens (tertiary/aromatic N) is 3. The summed E-state index contributed by atoms with van der Waals surface area (Å²) in [5, 5.41) is 6.53. The molecule has 160 valence electrons. The van der Waals surface area contributed by atoms with Gasteiger partial charge < -0.3 is 19.5 Å². The summed E-state index contributed by atoms with van der Waals surface area (Å²) in [5.74, 6) is 2.13. The number of hydrogen-bond donors (Lipinski definition) is 1. The molecule has 2 aromatic carbocycles. The molecule has 1 aromatic heterocycles. The Labute approximate surface area is 180 Å². The molecule has 0 radical (unpaired) electrons. The van der Waals surface area contributed by atoms with Crippen molar-refractivity contribution in [3.63, 3.8) is 0 Å². The van der Waals surface area contributed by atoms with E-state index in [9.17, 15) is 9.59 Å². The van der Waals surface area contributed by atoms with E-state index in [0.717, 1.165) is 5.75 Å². The Bertz CT molecular complexity index is 1030. The van der Waals surface area contributed by atoms with E-state index in [4.69, 9.17) is 9.26 Å². The highest BCUT2D eigenvalue weighted by atomic mass is 16.5. The number of aryl methyl sites for hydroxylation is 1. The zero-order chi connectivity index (χ0) is 21.6. The van der Waals surface area contributed by atoms with Crippen LogP contribution >= 0.6 is 0 Å². The highest BCUT2D eigenvalue weighted by Gasteiger charge is 2.28. The van der Waals surface area contributed by atoms with Crippen molar-refractivity contribution in [2.45, 2.75) is 26.3 Å². The topological polar surface area (TPSA) is 97.6 Å². The summed E-state index contributed by atoms with van der Waals surface area (Å²) in [4.78, 5) is 31.1. The first-order valence-electron chi connectivity index (χ1n) is 10.3. The Balaban J connectivity index is 1.26. The maximum absolute atomic E-state index is 12.8. The van der Waals surface area contributed by atoms with E-state index in [2.05, 4.69) is 15.5 Å². The number of nitrogens with one attached hydrogen (secondary N) is 1. The third kappa shape index (κ3) is 5.28. The van der Waals surface area contributed by atoms with E-state index in [0.29, 0.717) is 49.0 Å². The average Bonchev–Trinajstić information content (AvgIpc) is 3.23. The Morgan fingerprint density at radius 3 is 2.39 bits per heavy atom. The van der Waals surface area contributed by atoms with Gasteiger partial charge in [-0.05, 0) is 56.2 Å². The summed E-state index contributed by atoms with van der Waals surface area (Å²) >= 11 is 0. The summed E-state index contributed by atoms with van der Waals surface area (Å²) in [6, 6.07) is 16.6. The van der Waals surface area contributed by atoms with Gasteiger partial charge in [0, 0.05) is 24.6 Å². The Morgan fingerprint density at radius 2 is 1.74 bits per heavy atom. The van der Waals surface area contributed by atoms with Crippen molar-refractivity contribution in [1.82, 2.24) is 20.4 Å². The van der Waals surface area contributed by atoms with Gasteiger partial charge in [-0.2, -0.15) is 4.98 Å². The summed E-state index contributed by atoms with van der Waals surface area (Å²) in [5.41, 5.74) is 0.607. The van der Waals surface area contributed by atoms with E-state index in [1.165, 1.54) is 0 Å². The number of likely N-dealkylation sites (tertiary alicyclic amines) is 1. The van der Waals surface area contributed by atoms with Gasteiger partial charge in [0.25, 0.3) is 5.91 Å². The monoisotopic (exact) mass is 420 g/mol. The minimum Gasteiger partial charge on any atom is -0.457 e.